The van der Waals surface area contributed by atoms with Crippen molar-refractivity contribution >= 4 is 0 Å². The minimum absolute atomic E-state index is 0.0637. The van der Waals surface area contributed by atoms with Gasteiger partial charge < -0.3 is 20.1 Å². The lowest BCUT2D eigenvalue weighted by Crippen LogP contribution is -2.57. The highest BCUT2D eigenvalue weighted by molar-refractivity contribution is 4.91. The summed E-state index contributed by atoms with van der Waals surface area (Å²) in [5, 5.41) is 31.4. The quantitative estimate of drug-likeness (QED) is 0.308. The minimum atomic E-state index is -1.27. The number of rotatable bonds is 2. The first-order valence-corrected chi connectivity index (χ1v) is 4.28. The maximum atomic E-state index is 9.43. The second kappa shape index (κ2) is 4.59. The number of hydrogen-bond acceptors (Lipinski definition) is 5. The molecule has 2 unspecified atom stereocenters. The smallest absolute Gasteiger partial charge is 0.111 e. The number of nitrogens with zero attached hydrogens (tertiary/aromatic N) is 3. The highest BCUT2D eigenvalue weighted by Gasteiger charge is 2.41. The largest absolute Gasteiger partial charge is 0.388 e. The first-order valence-electron chi connectivity index (χ1n) is 4.28. The summed E-state index contributed by atoms with van der Waals surface area (Å²) in [4.78, 5) is 2.52. The Morgan fingerprint density at radius 1 is 1.29 bits per heavy atom. The molecule has 0 aromatic rings. The van der Waals surface area contributed by atoms with Crippen LogP contribution in [0.4, 0.5) is 0 Å². The van der Waals surface area contributed by atoms with Crippen LogP contribution in [-0.2, 0) is 4.74 Å². The fourth-order valence-corrected chi connectivity index (χ4v) is 1.40. The van der Waals surface area contributed by atoms with E-state index in [9.17, 15) is 15.3 Å². The standard InChI is InChI=1S/C7H13N3O4/c1-3-5(11)7(13)6(12)4(14-3)2-9-10-8/h3-7,11-13H,2H2,1H3/t3-,4?,5-,6-,7?/m1/s1. The molecule has 1 fully saturated rings. The molecule has 14 heavy (non-hydrogen) atoms. The van der Waals surface area contributed by atoms with E-state index in [4.69, 9.17) is 10.3 Å². The van der Waals surface area contributed by atoms with Gasteiger partial charge in [-0.15, -0.1) is 0 Å². The Morgan fingerprint density at radius 3 is 2.50 bits per heavy atom. The molecular formula is C7H13N3O4. The van der Waals surface area contributed by atoms with Gasteiger partial charge in [-0.25, -0.2) is 0 Å². The highest BCUT2D eigenvalue weighted by Crippen LogP contribution is 2.20. The number of hydrogen-bond donors (Lipinski definition) is 3. The maximum Gasteiger partial charge on any atom is 0.111 e. The van der Waals surface area contributed by atoms with Gasteiger partial charge in [-0.05, 0) is 12.5 Å². The lowest BCUT2D eigenvalue weighted by Gasteiger charge is -2.38. The molecule has 1 aliphatic rings. The van der Waals surface area contributed by atoms with Crippen molar-refractivity contribution in [3.8, 4) is 0 Å². The number of azide groups is 1. The fraction of sp³-hybridized carbons (Fsp3) is 1.00. The molecule has 7 heteroatoms. The Bertz CT molecular complexity index is 243. The van der Waals surface area contributed by atoms with Crippen LogP contribution in [0.2, 0.25) is 0 Å². The van der Waals surface area contributed by atoms with E-state index in [0.29, 0.717) is 0 Å². The van der Waals surface area contributed by atoms with Gasteiger partial charge >= 0.3 is 0 Å². The van der Waals surface area contributed by atoms with Gasteiger partial charge in [0.2, 0.25) is 0 Å². The van der Waals surface area contributed by atoms with E-state index in [-0.39, 0.29) is 6.54 Å². The Hall–Kier alpha value is -0.850. The van der Waals surface area contributed by atoms with E-state index in [1.54, 1.807) is 6.92 Å². The number of aliphatic hydroxyl groups excluding tert-OH is 3. The van der Waals surface area contributed by atoms with Gasteiger partial charge in [0.25, 0.3) is 0 Å². The molecule has 1 saturated heterocycles. The van der Waals surface area contributed by atoms with Crippen LogP contribution in [0.3, 0.4) is 0 Å². The van der Waals surface area contributed by atoms with Gasteiger partial charge in [0.05, 0.1) is 18.8 Å². The molecule has 0 bridgehead atoms. The molecule has 0 aromatic carbocycles. The molecule has 80 valence electrons. The Kier molecular flexibility index (Phi) is 3.68. The van der Waals surface area contributed by atoms with Crippen LogP contribution in [-0.4, -0.2) is 52.4 Å². The summed E-state index contributed by atoms with van der Waals surface area (Å²) < 4.78 is 5.16. The first-order chi connectivity index (χ1) is 6.57. The van der Waals surface area contributed by atoms with Gasteiger partial charge in [-0.3, -0.25) is 0 Å². The monoisotopic (exact) mass is 203 g/mol. The van der Waals surface area contributed by atoms with E-state index in [1.807, 2.05) is 0 Å². The third kappa shape index (κ3) is 2.14. The molecule has 1 heterocycles. The fourth-order valence-electron chi connectivity index (χ4n) is 1.40. The second-order valence-corrected chi connectivity index (χ2v) is 3.26. The van der Waals surface area contributed by atoms with Gasteiger partial charge in [-0.1, -0.05) is 5.11 Å². The zero-order valence-corrected chi connectivity index (χ0v) is 7.69. The molecule has 7 nitrogen and oxygen atoms in total. The summed E-state index contributed by atoms with van der Waals surface area (Å²) >= 11 is 0. The minimum Gasteiger partial charge on any atom is -0.388 e. The van der Waals surface area contributed by atoms with Gasteiger partial charge in [-0.2, -0.15) is 0 Å². The second-order valence-electron chi connectivity index (χ2n) is 3.26. The zero-order valence-electron chi connectivity index (χ0n) is 7.69. The molecule has 5 atom stereocenters. The molecule has 3 N–H and O–H groups in total. The molecule has 0 saturated carbocycles. The Balaban J connectivity index is 2.64. The van der Waals surface area contributed by atoms with Crippen molar-refractivity contribution in [2.45, 2.75) is 37.4 Å². The summed E-state index contributed by atoms with van der Waals surface area (Å²) in [6, 6.07) is 0. The Morgan fingerprint density at radius 2 is 1.93 bits per heavy atom. The molecule has 1 aliphatic heterocycles. The lowest BCUT2D eigenvalue weighted by molar-refractivity contribution is -0.213. The summed E-state index contributed by atoms with van der Waals surface area (Å²) in [7, 11) is 0. The van der Waals surface area contributed by atoms with Crippen LogP contribution in [0.15, 0.2) is 5.11 Å². The third-order valence-electron chi connectivity index (χ3n) is 2.28. The molecular weight excluding hydrogens is 190 g/mol. The topological polar surface area (TPSA) is 119 Å². The van der Waals surface area contributed by atoms with Crippen LogP contribution < -0.4 is 0 Å². The molecule has 0 amide bonds. The van der Waals surface area contributed by atoms with E-state index in [1.165, 1.54) is 0 Å². The Labute approximate surface area is 80.6 Å². The van der Waals surface area contributed by atoms with Crippen LogP contribution in [0.25, 0.3) is 10.4 Å². The summed E-state index contributed by atoms with van der Waals surface area (Å²) in [6.07, 6.45) is -4.97. The van der Waals surface area contributed by atoms with Crippen molar-refractivity contribution in [3.63, 3.8) is 0 Å². The summed E-state index contributed by atoms with van der Waals surface area (Å²) in [5.74, 6) is 0. The van der Waals surface area contributed by atoms with Crippen molar-refractivity contribution in [1.82, 2.24) is 0 Å². The van der Waals surface area contributed by atoms with Crippen LogP contribution >= 0.6 is 0 Å². The summed E-state index contributed by atoms with van der Waals surface area (Å²) in [5.41, 5.74) is 8.08. The average molecular weight is 203 g/mol. The zero-order chi connectivity index (χ0) is 10.7. The summed E-state index contributed by atoms with van der Waals surface area (Å²) in [6.45, 7) is 1.51. The van der Waals surface area contributed by atoms with Crippen molar-refractivity contribution in [1.29, 1.82) is 0 Å². The van der Waals surface area contributed by atoms with Gasteiger partial charge in [0, 0.05) is 4.91 Å². The van der Waals surface area contributed by atoms with Crippen molar-refractivity contribution in [3.05, 3.63) is 10.4 Å². The van der Waals surface area contributed by atoms with E-state index >= 15 is 0 Å². The van der Waals surface area contributed by atoms with E-state index < -0.39 is 30.5 Å². The maximum absolute atomic E-state index is 9.43. The molecule has 0 radical (unpaired) electrons. The van der Waals surface area contributed by atoms with E-state index in [0.717, 1.165) is 0 Å². The molecule has 0 aliphatic carbocycles. The number of ether oxygens (including phenoxy) is 1. The average Bonchev–Trinajstić information content (AvgIpc) is 2.18. The van der Waals surface area contributed by atoms with Crippen molar-refractivity contribution in [2.24, 2.45) is 5.11 Å². The third-order valence-corrected chi connectivity index (χ3v) is 2.28. The molecule has 0 spiro atoms. The SMILES string of the molecule is C[C@H]1OC(CN=[N+]=[N-])[C@@H](O)C(O)[C@@H]1O. The predicted octanol–water partition coefficient (Wildman–Crippen LogP) is -0.833. The predicted molar refractivity (Wildman–Crippen MR) is 46.4 cm³/mol. The first kappa shape index (κ1) is 11.2. The van der Waals surface area contributed by atoms with Crippen LogP contribution in [0.5, 0.6) is 0 Å². The van der Waals surface area contributed by atoms with Gasteiger partial charge in [0.1, 0.15) is 18.3 Å². The molecule has 1 rings (SSSR count). The van der Waals surface area contributed by atoms with Gasteiger partial charge in [0.15, 0.2) is 0 Å². The lowest BCUT2D eigenvalue weighted by atomic mass is 9.96. The normalized spacial score (nSPS) is 43.0. The van der Waals surface area contributed by atoms with Crippen LogP contribution in [0.1, 0.15) is 6.92 Å². The van der Waals surface area contributed by atoms with E-state index in [2.05, 4.69) is 10.0 Å². The molecule has 0 aromatic heterocycles. The van der Waals surface area contributed by atoms with Crippen molar-refractivity contribution in [2.75, 3.05) is 6.54 Å². The van der Waals surface area contributed by atoms with Crippen molar-refractivity contribution < 1.29 is 20.1 Å². The van der Waals surface area contributed by atoms with Crippen LogP contribution in [0, 0.1) is 0 Å². The number of aliphatic hydroxyl groups is 3. The highest BCUT2D eigenvalue weighted by atomic mass is 16.5.